The summed E-state index contributed by atoms with van der Waals surface area (Å²) in [6.45, 7) is 4.11. The summed E-state index contributed by atoms with van der Waals surface area (Å²) in [6, 6.07) is 8.95. The van der Waals surface area contributed by atoms with E-state index >= 15 is 0 Å². The van der Waals surface area contributed by atoms with E-state index < -0.39 is 10.0 Å². The van der Waals surface area contributed by atoms with Crippen LogP contribution in [0.5, 0.6) is 0 Å². The lowest BCUT2D eigenvalue weighted by Crippen LogP contribution is -2.19. The van der Waals surface area contributed by atoms with E-state index in [-0.39, 0.29) is 10.9 Å². The van der Waals surface area contributed by atoms with Crippen LogP contribution in [0, 0.1) is 6.92 Å². The molecule has 7 heteroatoms. The fraction of sp³-hybridized carbons (Fsp3) is 0.286. The summed E-state index contributed by atoms with van der Waals surface area (Å²) in [5.74, 6) is 0. The Morgan fingerprint density at radius 2 is 1.95 bits per heavy atom. The third kappa shape index (κ3) is 3.55. The topological polar surface area (TPSA) is 84.2 Å². The van der Waals surface area contributed by atoms with Crippen LogP contribution in [-0.2, 0) is 10.0 Å². The lowest BCUT2D eigenvalue weighted by molar-refractivity contribution is 0.588. The number of hydrogen-bond acceptors (Lipinski definition) is 5. The maximum absolute atomic E-state index is 11.7. The summed E-state index contributed by atoms with van der Waals surface area (Å²) < 4.78 is 25.7. The van der Waals surface area contributed by atoms with Crippen LogP contribution in [0.2, 0.25) is 0 Å². The van der Waals surface area contributed by atoms with Gasteiger partial charge in [0.25, 0.3) is 0 Å². The number of nitrogens with two attached hydrogens (primary N) is 1. The van der Waals surface area contributed by atoms with Gasteiger partial charge in [0.15, 0.2) is 0 Å². The van der Waals surface area contributed by atoms with Gasteiger partial charge in [-0.3, -0.25) is 0 Å². The molecule has 21 heavy (non-hydrogen) atoms. The van der Waals surface area contributed by atoms with Crippen LogP contribution in [0.4, 0.5) is 11.4 Å². The molecule has 0 aliphatic heterocycles. The van der Waals surface area contributed by atoms with Gasteiger partial charge in [0.05, 0.1) is 22.3 Å². The number of sulfonamides is 1. The second-order valence-corrected chi connectivity index (χ2v) is 7.98. The molecule has 1 atom stereocenters. The molecule has 0 bridgehead atoms. The quantitative estimate of drug-likeness (QED) is 0.738. The fourth-order valence-electron chi connectivity index (χ4n) is 1.95. The first-order valence-electron chi connectivity index (χ1n) is 6.49. The second kappa shape index (κ2) is 6.05. The van der Waals surface area contributed by atoms with Crippen LogP contribution in [0.3, 0.4) is 0 Å². The highest BCUT2D eigenvalue weighted by molar-refractivity contribution is 7.89. The predicted octanol–water partition coefficient (Wildman–Crippen LogP) is 2.72. The number of aryl methyl sites for hydroxylation is 1. The van der Waals surface area contributed by atoms with E-state index in [1.54, 1.807) is 17.4 Å². The van der Waals surface area contributed by atoms with E-state index in [1.165, 1.54) is 28.9 Å². The molecule has 5 nitrogen and oxygen atoms in total. The van der Waals surface area contributed by atoms with Crippen molar-refractivity contribution in [2.75, 3.05) is 18.1 Å². The smallest absolute Gasteiger partial charge is 0.240 e. The Morgan fingerprint density at radius 1 is 1.24 bits per heavy atom. The average Bonchev–Trinajstić information content (AvgIpc) is 2.87. The van der Waals surface area contributed by atoms with Gasteiger partial charge in [-0.15, -0.1) is 11.3 Å². The third-order valence-electron chi connectivity index (χ3n) is 3.16. The first-order chi connectivity index (χ1) is 9.83. The molecule has 0 saturated heterocycles. The summed E-state index contributed by atoms with van der Waals surface area (Å²) in [4.78, 5) is 2.62. The first kappa shape index (κ1) is 15.8. The van der Waals surface area contributed by atoms with Gasteiger partial charge < -0.3 is 11.1 Å². The van der Waals surface area contributed by atoms with E-state index in [1.807, 2.05) is 6.92 Å². The van der Waals surface area contributed by atoms with E-state index in [4.69, 9.17) is 5.73 Å². The summed E-state index contributed by atoms with van der Waals surface area (Å²) in [6.07, 6.45) is 0. The predicted molar refractivity (Wildman–Crippen MR) is 88.2 cm³/mol. The standard InChI is InChI=1S/C14H19N3O2S2/c1-9-4-7-14(20-9)10(2)17-13-6-5-11(8-12(13)15)21(18,19)16-3/h4-8,10,16-17H,15H2,1-3H3. The number of hydrogen-bond donors (Lipinski definition) is 3. The molecule has 0 aliphatic rings. The maximum Gasteiger partial charge on any atom is 0.240 e. The SMILES string of the molecule is CNS(=O)(=O)c1ccc(NC(C)c2ccc(C)s2)c(N)c1. The van der Waals surface area contributed by atoms with Crippen LogP contribution < -0.4 is 15.8 Å². The van der Waals surface area contributed by atoms with E-state index in [9.17, 15) is 8.42 Å². The average molecular weight is 325 g/mol. The lowest BCUT2D eigenvalue weighted by atomic mass is 10.2. The first-order valence-corrected chi connectivity index (χ1v) is 8.79. The van der Waals surface area contributed by atoms with Crippen LogP contribution in [0.1, 0.15) is 22.7 Å². The molecule has 0 radical (unpaired) electrons. The van der Waals surface area contributed by atoms with Gasteiger partial charge in [0.2, 0.25) is 10.0 Å². The van der Waals surface area contributed by atoms with Gasteiger partial charge >= 0.3 is 0 Å². The molecule has 0 aliphatic carbocycles. The van der Waals surface area contributed by atoms with Crippen molar-refractivity contribution in [2.45, 2.75) is 24.8 Å². The Bertz CT molecular complexity index is 738. The monoisotopic (exact) mass is 325 g/mol. The van der Waals surface area contributed by atoms with Gasteiger partial charge in [0, 0.05) is 9.75 Å². The number of rotatable bonds is 5. The van der Waals surface area contributed by atoms with Gasteiger partial charge in [-0.2, -0.15) is 0 Å². The Kier molecular flexibility index (Phi) is 4.55. The number of thiophene rings is 1. The van der Waals surface area contributed by atoms with Crippen LogP contribution >= 0.6 is 11.3 Å². The maximum atomic E-state index is 11.7. The minimum Gasteiger partial charge on any atom is -0.397 e. The molecule has 0 spiro atoms. The zero-order valence-corrected chi connectivity index (χ0v) is 13.8. The highest BCUT2D eigenvalue weighted by Crippen LogP contribution is 2.29. The molecular weight excluding hydrogens is 306 g/mol. The van der Waals surface area contributed by atoms with Gasteiger partial charge in [-0.05, 0) is 51.2 Å². The molecule has 1 heterocycles. The van der Waals surface area contributed by atoms with Gasteiger partial charge in [-0.25, -0.2) is 13.1 Å². The molecule has 2 aromatic rings. The molecular formula is C14H19N3O2S2. The molecule has 4 N–H and O–H groups in total. The van der Waals surface area contributed by atoms with Crippen molar-refractivity contribution in [2.24, 2.45) is 0 Å². The molecule has 0 amide bonds. The summed E-state index contributed by atoms with van der Waals surface area (Å²) in [5.41, 5.74) is 7.09. The summed E-state index contributed by atoms with van der Waals surface area (Å²) in [5, 5.41) is 3.31. The Labute approximate surface area is 129 Å². The highest BCUT2D eigenvalue weighted by Gasteiger charge is 2.14. The molecule has 0 saturated carbocycles. The molecule has 1 aromatic heterocycles. The largest absolute Gasteiger partial charge is 0.397 e. The minimum atomic E-state index is -3.47. The van der Waals surface area contributed by atoms with Crippen LogP contribution in [-0.4, -0.2) is 15.5 Å². The molecule has 0 fully saturated rings. The van der Waals surface area contributed by atoms with E-state index in [0.29, 0.717) is 5.69 Å². The normalized spacial score (nSPS) is 13.1. The van der Waals surface area contributed by atoms with Crippen molar-refractivity contribution in [1.29, 1.82) is 0 Å². The molecule has 2 rings (SSSR count). The Hall–Kier alpha value is -1.57. The second-order valence-electron chi connectivity index (χ2n) is 4.77. The van der Waals surface area contributed by atoms with Crippen molar-refractivity contribution >= 4 is 32.7 Å². The van der Waals surface area contributed by atoms with Crippen molar-refractivity contribution < 1.29 is 8.42 Å². The zero-order valence-electron chi connectivity index (χ0n) is 12.2. The van der Waals surface area contributed by atoms with Gasteiger partial charge in [-0.1, -0.05) is 0 Å². The van der Waals surface area contributed by atoms with Crippen LogP contribution in [0.25, 0.3) is 0 Å². The minimum absolute atomic E-state index is 0.109. The van der Waals surface area contributed by atoms with Crippen molar-refractivity contribution in [3.63, 3.8) is 0 Å². The van der Waals surface area contributed by atoms with Crippen molar-refractivity contribution in [3.8, 4) is 0 Å². The zero-order chi connectivity index (χ0) is 15.6. The van der Waals surface area contributed by atoms with E-state index in [2.05, 4.69) is 29.1 Å². The van der Waals surface area contributed by atoms with Crippen LogP contribution in [0.15, 0.2) is 35.2 Å². The molecule has 114 valence electrons. The summed E-state index contributed by atoms with van der Waals surface area (Å²) in [7, 11) is -2.10. The van der Waals surface area contributed by atoms with Crippen molar-refractivity contribution in [3.05, 3.63) is 40.1 Å². The lowest BCUT2D eigenvalue weighted by Gasteiger charge is -2.16. The van der Waals surface area contributed by atoms with Crippen molar-refractivity contribution in [1.82, 2.24) is 4.72 Å². The van der Waals surface area contributed by atoms with E-state index in [0.717, 1.165) is 5.69 Å². The summed E-state index contributed by atoms with van der Waals surface area (Å²) >= 11 is 1.72. The number of benzene rings is 1. The molecule has 1 unspecified atom stereocenters. The third-order valence-corrected chi connectivity index (χ3v) is 5.76. The number of anilines is 2. The molecule has 1 aromatic carbocycles. The highest BCUT2D eigenvalue weighted by atomic mass is 32.2. The van der Waals surface area contributed by atoms with Gasteiger partial charge in [0.1, 0.15) is 0 Å². The Balaban J connectivity index is 2.22. The fourth-order valence-corrected chi connectivity index (χ4v) is 3.59. The number of nitrogens with one attached hydrogen (secondary N) is 2. The number of nitrogen functional groups attached to an aromatic ring is 1. The Morgan fingerprint density at radius 3 is 2.48 bits per heavy atom.